The highest BCUT2D eigenvalue weighted by Gasteiger charge is 2.27. The van der Waals surface area contributed by atoms with Gasteiger partial charge in [0.15, 0.2) is 5.69 Å². The van der Waals surface area contributed by atoms with E-state index in [1.54, 1.807) is 24.3 Å². The molecule has 2 N–H and O–H groups in total. The molecule has 1 aliphatic carbocycles. The third-order valence-electron chi connectivity index (χ3n) is 4.59. The Hall–Kier alpha value is -3.41. The molecule has 136 valence electrons. The van der Waals surface area contributed by atoms with Crippen molar-refractivity contribution in [3.63, 3.8) is 0 Å². The summed E-state index contributed by atoms with van der Waals surface area (Å²) in [5.41, 5.74) is 4.82. The Morgan fingerprint density at radius 2 is 1.70 bits per heavy atom. The third kappa shape index (κ3) is 3.46. The van der Waals surface area contributed by atoms with Gasteiger partial charge in [0.25, 0.3) is 5.91 Å². The van der Waals surface area contributed by atoms with Crippen LogP contribution in [0.25, 0.3) is 5.69 Å². The zero-order valence-corrected chi connectivity index (χ0v) is 15.0. The van der Waals surface area contributed by atoms with Gasteiger partial charge in [-0.1, -0.05) is 24.3 Å². The topological polar surface area (TPSA) is 76.0 Å². The van der Waals surface area contributed by atoms with E-state index in [1.165, 1.54) is 6.92 Å². The van der Waals surface area contributed by atoms with Crippen molar-refractivity contribution < 1.29 is 9.59 Å². The monoisotopic (exact) mass is 360 g/mol. The highest BCUT2D eigenvalue weighted by Crippen LogP contribution is 2.28. The zero-order valence-electron chi connectivity index (χ0n) is 15.0. The van der Waals surface area contributed by atoms with Crippen molar-refractivity contribution in [2.75, 3.05) is 10.6 Å². The molecule has 4 rings (SSSR count). The molecule has 2 aromatic carbocycles. The summed E-state index contributed by atoms with van der Waals surface area (Å²) in [6.45, 7) is 1.45. The minimum atomic E-state index is -0.234. The van der Waals surface area contributed by atoms with Crippen LogP contribution in [0.4, 0.5) is 11.4 Å². The molecule has 0 unspecified atom stereocenters. The average molecular weight is 360 g/mol. The molecular weight excluding hydrogens is 340 g/mol. The number of anilines is 2. The van der Waals surface area contributed by atoms with Crippen molar-refractivity contribution in [1.29, 1.82) is 0 Å². The number of amides is 2. The van der Waals surface area contributed by atoms with Crippen molar-refractivity contribution in [1.82, 2.24) is 9.78 Å². The number of hydrogen-bond donors (Lipinski definition) is 2. The maximum Gasteiger partial charge on any atom is 0.276 e. The first-order valence-corrected chi connectivity index (χ1v) is 8.97. The Kier molecular flexibility index (Phi) is 4.46. The van der Waals surface area contributed by atoms with Gasteiger partial charge >= 0.3 is 0 Å². The number of nitrogens with one attached hydrogen (secondary N) is 2. The van der Waals surface area contributed by atoms with E-state index in [1.807, 2.05) is 35.0 Å². The molecule has 1 heterocycles. The molecule has 0 bridgehead atoms. The minimum Gasteiger partial charge on any atom is -0.326 e. The second-order valence-corrected chi connectivity index (χ2v) is 6.59. The fourth-order valence-corrected chi connectivity index (χ4v) is 3.47. The number of para-hydroxylation sites is 1. The fraction of sp³-hybridized carbons (Fsp3) is 0.190. The Bertz CT molecular complexity index is 1010. The van der Waals surface area contributed by atoms with Crippen LogP contribution in [0, 0.1) is 0 Å². The summed E-state index contributed by atoms with van der Waals surface area (Å²) in [4.78, 5) is 24.1. The van der Waals surface area contributed by atoms with Crippen LogP contribution in [0.5, 0.6) is 0 Å². The van der Waals surface area contributed by atoms with Gasteiger partial charge in [-0.2, -0.15) is 5.10 Å². The molecule has 0 atom stereocenters. The SMILES string of the molecule is CC(=O)Nc1cccc(NC(=O)c2nn(-c3ccccc3)c3c2CCC3)c1. The molecule has 2 amide bonds. The number of aromatic nitrogens is 2. The molecule has 0 aliphatic heterocycles. The van der Waals surface area contributed by atoms with E-state index >= 15 is 0 Å². The molecule has 0 spiro atoms. The minimum absolute atomic E-state index is 0.155. The summed E-state index contributed by atoms with van der Waals surface area (Å²) >= 11 is 0. The van der Waals surface area contributed by atoms with Crippen molar-refractivity contribution in [3.8, 4) is 5.69 Å². The lowest BCUT2D eigenvalue weighted by molar-refractivity contribution is -0.114. The van der Waals surface area contributed by atoms with Crippen LogP contribution < -0.4 is 10.6 Å². The molecule has 1 aromatic heterocycles. The Balaban J connectivity index is 1.63. The molecular formula is C21H20N4O2. The number of benzene rings is 2. The van der Waals surface area contributed by atoms with Crippen LogP contribution in [0.1, 0.15) is 35.1 Å². The molecule has 1 aliphatic rings. The highest BCUT2D eigenvalue weighted by molar-refractivity contribution is 6.04. The summed E-state index contributed by atoms with van der Waals surface area (Å²) in [7, 11) is 0. The molecule has 3 aromatic rings. The summed E-state index contributed by atoms with van der Waals surface area (Å²) < 4.78 is 1.88. The van der Waals surface area contributed by atoms with E-state index in [4.69, 9.17) is 0 Å². The van der Waals surface area contributed by atoms with Crippen LogP contribution in [0.15, 0.2) is 54.6 Å². The number of rotatable bonds is 4. The summed E-state index contributed by atoms with van der Waals surface area (Å²) in [5, 5.41) is 10.2. The molecule has 6 heteroatoms. The smallest absolute Gasteiger partial charge is 0.276 e. The predicted octanol–water partition coefficient (Wildman–Crippen LogP) is 3.57. The average Bonchev–Trinajstić information content (AvgIpc) is 3.24. The Morgan fingerprint density at radius 1 is 0.963 bits per heavy atom. The first-order chi connectivity index (χ1) is 13.1. The van der Waals surface area contributed by atoms with E-state index < -0.39 is 0 Å². The van der Waals surface area contributed by atoms with Crippen molar-refractivity contribution in [3.05, 3.63) is 71.5 Å². The molecule has 0 saturated heterocycles. The Morgan fingerprint density at radius 3 is 2.44 bits per heavy atom. The van der Waals surface area contributed by atoms with Gasteiger partial charge < -0.3 is 10.6 Å². The second-order valence-electron chi connectivity index (χ2n) is 6.59. The van der Waals surface area contributed by atoms with Gasteiger partial charge in [0.1, 0.15) is 0 Å². The molecule has 6 nitrogen and oxygen atoms in total. The summed E-state index contributed by atoms with van der Waals surface area (Å²) in [6, 6.07) is 17.0. The van der Waals surface area contributed by atoms with Gasteiger partial charge in [-0.15, -0.1) is 0 Å². The van der Waals surface area contributed by atoms with Crippen LogP contribution >= 0.6 is 0 Å². The van der Waals surface area contributed by atoms with Crippen LogP contribution in [-0.2, 0) is 17.6 Å². The largest absolute Gasteiger partial charge is 0.326 e. The van der Waals surface area contributed by atoms with Gasteiger partial charge in [0.2, 0.25) is 5.91 Å². The first-order valence-electron chi connectivity index (χ1n) is 8.97. The number of carbonyl (C=O) groups is 2. The van der Waals surface area contributed by atoms with Gasteiger partial charge in [0, 0.05) is 29.6 Å². The van der Waals surface area contributed by atoms with Crippen LogP contribution in [0.2, 0.25) is 0 Å². The molecule has 0 saturated carbocycles. The predicted molar refractivity (Wildman–Crippen MR) is 104 cm³/mol. The summed E-state index contributed by atoms with van der Waals surface area (Å²) in [5.74, 6) is -0.388. The maximum atomic E-state index is 12.9. The number of carbonyl (C=O) groups excluding carboxylic acids is 2. The van der Waals surface area contributed by atoms with E-state index in [0.29, 0.717) is 17.1 Å². The Labute approximate surface area is 157 Å². The van der Waals surface area contributed by atoms with E-state index in [-0.39, 0.29) is 11.8 Å². The first kappa shape index (κ1) is 17.0. The number of nitrogens with zero attached hydrogens (tertiary/aromatic N) is 2. The van der Waals surface area contributed by atoms with Gasteiger partial charge in [0.05, 0.1) is 5.69 Å². The maximum absolute atomic E-state index is 12.9. The van der Waals surface area contributed by atoms with Crippen molar-refractivity contribution >= 4 is 23.2 Å². The fourth-order valence-electron chi connectivity index (χ4n) is 3.47. The number of fused-ring (bicyclic) bond motifs is 1. The normalized spacial score (nSPS) is 12.5. The quantitative estimate of drug-likeness (QED) is 0.747. The van der Waals surface area contributed by atoms with Crippen LogP contribution in [-0.4, -0.2) is 21.6 Å². The molecule has 0 radical (unpaired) electrons. The standard InChI is InChI=1S/C21H20N4O2/c1-14(26)22-15-7-5-8-16(13-15)23-21(27)20-18-11-6-12-19(18)25(24-20)17-9-3-2-4-10-17/h2-5,7-10,13H,6,11-12H2,1H3,(H,22,26)(H,23,27). The van der Waals surface area contributed by atoms with Gasteiger partial charge in [-0.25, -0.2) is 4.68 Å². The van der Waals surface area contributed by atoms with E-state index in [2.05, 4.69) is 15.7 Å². The summed E-state index contributed by atoms with van der Waals surface area (Å²) in [6.07, 6.45) is 2.80. The highest BCUT2D eigenvalue weighted by atomic mass is 16.2. The van der Waals surface area contributed by atoms with Crippen molar-refractivity contribution in [2.45, 2.75) is 26.2 Å². The zero-order chi connectivity index (χ0) is 18.8. The van der Waals surface area contributed by atoms with Crippen LogP contribution in [0.3, 0.4) is 0 Å². The lowest BCUT2D eigenvalue weighted by Crippen LogP contribution is -2.15. The molecule has 0 fully saturated rings. The molecule has 27 heavy (non-hydrogen) atoms. The number of hydrogen-bond acceptors (Lipinski definition) is 3. The van der Waals surface area contributed by atoms with Gasteiger partial charge in [-0.05, 0) is 49.6 Å². The van der Waals surface area contributed by atoms with E-state index in [0.717, 1.165) is 36.2 Å². The second kappa shape index (κ2) is 7.07. The van der Waals surface area contributed by atoms with Gasteiger partial charge in [-0.3, -0.25) is 9.59 Å². The lowest BCUT2D eigenvalue weighted by Gasteiger charge is -2.07. The van der Waals surface area contributed by atoms with Crippen molar-refractivity contribution in [2.24, 2.45) is 0 Å². The van der Waals surface area contributed by atoms with E-state index in [9.17, 15) is 9.59 Å². The lowest BCUT2D eigenvalue weighted by atomic mass is 10.2. The third-order valence-corrected chi connectivity index (χ3v) is 4.59.